The first-order valence-corrected chi connectivity index (χ1v) is 8.11. The second-order valence-corrected chi connectivity index (χ2v) is 7.36. The van der Waals surface area contributed by atoms with Gasteiger partial charge in [0.15, 0.2) is 0 Å². The minimum atomic E-state index is -3.58. The number of hydrogen-bond donors (Lipinski definition) is 1. The first-order chi connectivity index (χ1) is 8.75. The van der Waals surface area contributed by atoms with Crippen LogP contribution in [0.1, 0.15) is 13.8 Å². The monoisotopic (exact) mass is 350 g/mol. The van der Waals surface area contributed by atoms with Crippen molar-refractivity contribution in [3.63, 3.8) is 0 Å². The highest BCUT2D eigenvalue weighted by molar-refractivity contribution is 9.10. The molecule has 0 aliphatic rings. The maximum atomic E-state index is 12.3. The number of halogens is 1. The lowest BCUT2D eigenvalue weighted by molar-refractivity contribution is 0.0737. The van der Waals surface area contributed by atoms with Crippen LogP contribution in [0.15, 0.2) is 27.6 Å². The van der Waals surface area contributed by atoms with E-state index in [-0.39, 0.29) is 23.2 Å². The summed E-state index contributed by atoms with van der Waals surface area (Å²) in [6, 6.07) is 4.72. The third-order valence-corrected chi connectivity index (χ3v) is 4.94. The third-order valence-electron chi connectivity index (χ3n) is 2.52. The number of ether oxygens (including phenoxy) is 1. The summed E-state index contributed by atoms with van der Waals surface area (Å²) in [4.78, 5) is 0.114. The van der Waals surface area contributed by atoms with E-state index < -0.39 is 10.0 Å². The van der Waals surface area contributed by atoms with Gasteiger partial charge in [-0.15, -0.1) is 0 Å². The lowest BCUT2D eigenvalue weighted by Crippen LogP contribution is -2.31. The van der Waals surface area contributed by atoms with Gasteiger partial charge in [0.25, 0.3) is 0 Å². The van der Waals surface area contributed by atoms with Crippen LogP contribution in [0, 0.1) is 0 Å². The van der Waals surface area contributed by atoms with Gasteiger partial charge in [0.2, 0.25) is 10.0 Å². The van der Waals surface area contributed by atoms with Gasteiger partial charge in [-0.2, -0.15) is 4.31 Å². The zero-order valence-corrected chi connectivity index (χ0v) is 13.7. The summed E-state index contributed by atoms with van der Waals surface area (Å²) in [6.07, 6.45) is 0.0776. The van der Waals surface area contributed by atoms with Gasteiger partial charge in [-0.25, -0.2) is 8.42 Å². The van der Waals surface area contributed by atoms with Crippen LogP contribution in [0.25, 0.3) is 0 Å². The summed E-state index contributed by atoms with van der Waals surface area (Å²) in [5, 5.41) is 0. The predicted molar refractivity (Wildman–Crippen MR) is 79.5 cm³/mol. The van der Waals surface area contributed by atoms with Crippen molar-refractivity contribution in [1.29, 1.82) is 0 Å². The van der Waals surface area contributed by atoms with E-state index in [1.807, 2.05) is 13.8 Å². The number of benzene rings is 1. The third kappa shape index (κ3) is 4.45. The van der Waals surface area contributed by atoms with Crippen molar-refractivity contribution in [2.75, 3.05) is 25.9 Å². The van der Waals surface area contributed by atoms with Crippen molar-refractivity contribution < 1.29 is 13.2 Å². The average molecular weight is 351 g/mol. The maximum absolute atomic E-state index is 12.3. The lowest BCUT2D eigenvalue weighted by Gasteiger charge is -2.19. The van der Waals surface area contributed by atoms with Crippen molar-refractivity contribution in [1.82, 2.24) is 4.31 Å². The number of anilines is 1. The fraction of sp³-hybridized carbons (Fsp3) is 0.500. The molecule has 1 aromatic rings. The molecule has 0 radical (unpaired) electrons. The van der Waals surface area contributed by atoms with Gasteiger partial charge in [0.05, 0.1) is 18.4 Å². The number of likely N-dealkylation sites (N-methyl/N-ethyl adjacent to an activating group) is 1. The van der Waals surface area contributed by atoms with E-state index in [0.717, 1.165) is 4.47 Å². The summed E-state index contributed by atoms with van der Waals surface area (Å²) < 4.78 is 32.0. The topological polar surface area (TPSA) is 72.6 Å². The number of sulfonamides is 1. The number of nitrogens with zero attached hydrogens (tertiary/aromatic N) is 1. The largest absolute Gasteiger partial charge is 0.398 e. The van der Waals surface area contributed by atoms with Gasteiger partial charge >= 0.3 is 0 Å². The molecule has 7 heteroatoms. The SMILES string of the molecule is CC(C)OCCN(C)S(=O)(=O)c1ccc(Br)cc1N. The van der Waals surface area contributed by atoms with Crippen LogP contribution in [0.2, 0.25) is 0 Å². The molecular weight excluding hydrogens is 332 g/mol. The number of nitrogens with two attached hydrogens (primary N) is 1. The molecule has 1 rings (SSSR count). The molecule has 0 amide bonds. The quantitative estimate of drug-likeness (QED) is 0.797. The summed E-state index contributed by atoms with van der Waals surface area (Å²) in [7, 11) is -2.06. The van der Waals surface area contributed by atoms with E-state index in [4.69, 9.17) is 10.5 Å². The zero-order chi connectivity index (χ0) is 14.6. The van der Waals surface area contributed by atoms with Crippen molar-refractivity contribution in [3.8, 4) is 0 Å². The summed E-state index contributed by atoms with van der Waals surface area (Å²) in [5.74, 6) is 0. The van der Waals surface area contributed by atoms with Gasteiger partial charge in [0, 0.05) is 18.1 Å². The van der Waals surface area contributed by atoms with Crippen molar-refractivity contribution in [3.05, 3.63) is 22.7 Å². The van der Waals surface area contributed by atoms with Crippen LogP contribution in [-0.2, 0) is 14.8 Å². The van der Waals surface area contributed by atoms with E-state index >= 15 is 0 Å². The fourth-order valence-corrected chi connectivity index (χ4v) is 3.09. The van der Waals surface area contributed by atoms with Gasteiger partial charge in [-0.1, -0.05) is 15.9 Å². The lowest BCUT2D eigenvalue weighted by atomic mass is 10.3. The highest BCUT2D eigenvalue weighted by Gasteiger charge is 2.23. The Balaban J connectivity index is 2.85. The van der Waals surface area contributed by atoms with Gasteiger partial charge in [-0.05, 0) is 32.0 Å². The van der Waals surface area contributed by atoms with E-state index in [1.54, 1.807) is 12.1 Å². The molecule has 0 heterocycles. The summed E-state index contributed by atoms with van der Waals surface area (Å²) in [6.45, 7) is 4.45. The Kier molecular flexibility index (Phi) is 5.79. The molecule has 2 N–H and O–H groups in total. The molecule has 0 saturated heterocycles. The molecule has 0 unspecified atom stereocenters. The zero-order valence-electron chi connectivity index (χ0n) is 11.3. The standard InChI is InChI=1S/C12H19BrN2O3S/c1-9(2)18-7-6-15(3)19(16,17)12-5-4-10(13)8-11(12)14/h4-5,8-9H,6-7,14H2,1-3H3. The number of rotatable bonds is 6. The van der Waals surface area contributed by atoms with Crippen LogP contribution >= 0.6 is 15.9 Å². The van der Waals surface area contributed by atoms with E-state index in [9.17, 15) is 8.42 Å². The predicted octanol–water partition coefficient (Wildman–Crippen LogP) is 2.08. The molecule has 0 atom stereocenters. The van der Waals surface area contributed by atoms with Crippen LogP contribution in [0.4, 0.5) is 5.69 Å². The van der Waals surface area contributed by atoms with E-state index in [0.29, 0.717) is 6.61 Å². The second kappa shape index (κ2) is 6.69. The van der Waals surface area contributed by atoms with Crippen LogP contribution in [-0.4, -0.2) is 39.0 Å². The molecule has 108 valence electrons. The Morgan fingerprint density at radius 3 is 2.58 bits per heavy atom. The van der Waals surface area contributed by atoms with Crippen molar-refractivity contribution in [2.45, 2.75) is 24.8 Å². The van der Waals surface area contributed by atoms with Crippen LogP contribution in [0.5, 0.6) is 0 Å². The molecule has 0 aromatic heterocycles. The van der Waals surface area contributed by atoms with Gasteiger partial charge in [0.1, 0.15) is 4.90 Å². The average Bonchev–Trinajstić information content (AvgIpc) is 2.27. The highest BCUT2D eigenvalue weighted by atomic mass is 79.9. The Labute approximate surface area is 122 Å². The Bertz CT molecular complexity index is 532. The van der Waals surface area contributed by atoms with E-state index in [2.05, 4.69) is 15.9 Å². The Morgan fingerprint density at radius 1 is 1.42 bits per heavy atom. The van der Waals surface area contributed by atoms with Crippen molar-refractivity contribution in [2.24, 2.45) is 0 Å². The molecule has 19 heavy (non-hydrogen) atoms. The minimum absolute atomic E-state index is 0.0776. The van der Waals surface area contributed by atoms with E-state index in [1.165, 1.54) is 17.4 Å². The minimum Gasteiger partial charge on any atom is -0.398 e. The maximum Gasteiger partial charge on any atom is 0.244 e. The molecule has 1 aromatic carbocycles. The molecule has 0 fully saturated rings. The van der Waals surface area contributed by atoms with Crippen LogP contribution < -0.4 is 5.73 Å². The van der Waals surface area contributed by atoms with Crippen LogP contribution in [0.3, 0.4) is 0 Å². The summed E-state index contributed by atoms with van der Waals surface area (Å²) >= 11 is 3.25. The smallest absolute Gasteiger partial charge is 0.244 e. The summed E-state index contributed by atoms with van der Waals surface area (Å²) in [5.41, 5.74) is 5.98. The normalized spacial score (nSPS) is 12.3. The highest BCUT2D eigenvalue weighted by Crippen LogP contribution is 2.24. The number of hydrogen-bond acceptors (Lipinski definition) is 4. The molecule has 0 bridgehead atoms. The Hall–Kier alpha value is -0.630. The molecule has 0 aliphatic carbocycles. The fourth-order valence-electron chi connectivity index (χ4n) is 1.46. The van der Waals surface area contributed by atoms with Crippen molar-refractivity contribution >= 4 is 31.6 Å². The molecule has 0 spiro atoms. The first-order valence-electron chi connectivity index (χ1n) is 5.88. The molecule has 5 nitrogen and oxygen atoms in total. The second-order valence-electron chi connectivity index (χ2n) is 4.43. The molecule has 0 aliphatic heterocycles. The number of nitrogen functional groups attached to an aromatic ring is 1. The van der Waals surface area contributed by atoms with Gasteiger partial charge in [-0.3, -0.25) is 0 Å². The van der Waals surface area contributed by atoms with Gasteiger partial charge < -0.3 is 10.5 Å². The molecular formula is C12H19BrN2O3S. The Morgan fingerprint density at radius 2 is 2.05 bits per heavy atom. The molecule has 0 saturated carbocycles. The first kappa shape index (κ1) is 16.4.